The molecule has 0 spiro atoms. The molecule has 0 saturated carbocycles. The Labute approximate surface area is 115 Å². The van der Waals surface area contributed by atoms with Gasteiger partial charge in [0.25, 0.3) is 0 Å². The van der Waals surface area contributed by atoms with Crippen LogP contribution in [0, 0.1) is 0 Å². The van der Waals surface area contributed by atoms with Crippen molar-refractivity contribution in [1.29, 1.82) is 0 Å². The van der Waals surface area contributed by atoms with Gasteiger partial charge in [-0.05, 0) is 26.2 Å². The van der Waals surface area contributed by atoms with Gasteiger partial charge < -0.3 is 15.2 Å². The van der Waals surface area contributed by atoms with E-state index < -0.39 is 12.0 Å². The van der Waals surface area contributed by atoms with Gasteiger partial charge in [0.2, 0.25) is 5.91 Å². The Hall–Kier alpha value is -1.36. The highest BCUT2D eigenvalue weighted by atomic mass is 16.5. The van der Waals surface area contributed by atoms with E-state index in [1.807, 2.05) is 6.08 Å². The van der Waals surface area contributed by atoms with Crippen LogP contribution < -0.4 is 5.32 Å². The fraction of sp³-hybridized carbons (Fsp3) is 0.714. The maximum absolute atomic E-state index is 11.4. The molecule has 19 heavy (non-hydrogen) atoms. The Morgan fingerprint density at radius 2 is 2.00 bits per heavy atom. The minimum Gasteiger partial charge on any atom is -0.480 e. The first-order valence-electron chi connectivity index (χ1n) is 6.82. The SMILES string of the molecule is C=CCCCCCC[C@@H](NC(=O)COCC)C(=O)O. The second-order valence-electron chi connectivity index (χ2n) is 4.38. The Morgan fingerprint density at radius 1 is 1.32 bits per heavy atom. The highest BCUT2D eigenvalue weighted by Gasteiger charge is 2.19. The number of aliphatic carboxylic acids is 1. The summed E-state index contributed by atoms with van der Waals surface area (Å²) >= 11 is 0. The highest BCUT2D eigenvalue weighted by molar-refractivity contribution is 5.84. The number of unbranched alkanes of at least 4 members (excludes halogenated alkanes) is 4. The van der Waals surface area contributed by atoms with Crippen LogP contribution in [0.25, 0.3) is 0 Å². The summed E-state index contributed by atoms with van der Waals surface area (Å²) < 4.78 is 4.93. The molecule has 0 fully saturated rings. The summed E-state index contributed by atoms with van der Waals surface area (Å²) in [6.07, 6.45) is 7.24. The standard InChI is InChI=1S/C14H25NO4/c1-3-5-6-7-8-9-10-12(14(17)18)15-13(16)11-19-4-2/h3,12H,1,4-11H2,2H3,(H,15,16)(H,17,18)/t12-/m1/s1. The van der Waals surface area contributed by atoms with Crippen molar-refractivity contribution in [1.82, 2.24) is 5.32 Å². The average Bonchev–Trinajstić information content (AvgIpc) is 2.38. The number of hydrogen-bond acceptors (Lipinski definition) is 3. The van der Waals surface area contributed by atoms with E-state index in [-0.39, 0.29) is 12.5 Å². The minimum atomic E-state index is -0.990. The normalized spacial score (nSPS) is 11.8. The van der Waals surface area contributed by atoms with E-state index in [1.165, 1.54) is 0 Å². The van der Waals surface area contributed by atoms with Gasteiger partial charge in [-0.25, -0.2) is 4.79 Å². The monoisotopic (exact) mass is 271 g/mol. The van der Waals surface area contributed by atoms with E-state index in [1.54, 1.807) is 6.92 Å². The molecular weight excluding hydrogens is 246 g/mol. The van der Waals surface area contributed by atoms with Crippen LogP contribution in [0.4, 0.5) is 0 Å². The number of nitrogens with one attached hydrogen (secondary N) is 1. The molecule has 0 saturated heterocycles. The first-order chi connectivity index (χ1) is 9.11. The maximum Gasteiger partial charge on any atom is 0.326 e. The van der Waals surface area contributed by atoms with Crippen LogP contribution in [0.2, 0.25) is 0 Å². The second kappa shape index (κ2) is 11.7. The lowest BCUT2D eigenvalue weighted by atomic mass is 10.1. The van der Waals surface area contributed by atoms with Crippen molar-refractivity contribution in [2.75, 3.05) is 13.2 Å². The van der Waals surface area contributed by atoms with Gasteiger partial charge in [0.15, 0.2) is 0 Å². The third-order valence-corrected chi connectivity index (χ3v) is 2.72. The van der Waals surface area contributed by atoms with Crippen molar-refractivity contribution < 1.29 is 19.4 Å². The number of carboxylic acid groups (broad SMARTS) is 1. The molecular formula is C14H25NO4. The Balaban J connectivity index is 3.83. The molecule has 2 N–H and O–H groups in total. The number of rotatable bonds is 12. The average molecular weight is 271 g/mol. The van der Waals surface area contributed by atoms with Crippen molar-refractivity contribution >= 4 is 11.9 Å². The number of carbonyl (C=O) groups excluding carboxylic acids is 1. The first kappa shape index (κ1) is 17.6. The predicted molar refractivity (Wildman–Crippen MR) is 74.0 cm³/mol. The molecule has 0 aromatic rings. The second-order valence-corrected chi connectivity index (χ2v) is 4.38. The minimum absolute atomic E-state index is 0.0837. The van der Waals surface area contributed by atoms with Gasteiger partial charge in [-0.2, -0.15) is 0 Å². The molecule has 1 amide bonds. The van der Waals surface area contributed by atoms with Crippen LogP contribution in [-0.2, 0) is 14.3 Å². The summed E-state index contributed by atoms with van der Waals surface area (Å²) in [4.78, 5) is 22.4. The van der Waals surface area contributed by atoms with Crippen LogP contribution in [-0.4, -0.2) is 36.2 Å². The van der Waals surface area contributed by atoms with Crippen molar-refractivity contribution in [3.05, 3.63) is 12.7 Å². The van der Waals surface area contributed by atoms with Gasteiger partial charge in [0.05, 0.1) is 0 Å². The Bertz CT molecular complexity index is 279. The zero-order chi connectivity index (χ0) is 14.5. The smallest absolute Gasteiger partial charge is 0.326 e. The lowest BCUT2D eigenvalue weighted by Crippen LogP contribution is -2.42. The summed E-state index contributed by atoms with van der Waals surface area (Å²) in [5.74, 6) is -1.36. The predicted octanol–water partition coefficient (Wildman–Crippen LogP) is 2.12. The third kappa shape index (κ3) is 10.3. The van der Waals surface area contributed by atoms with Crippen molar-refractivity contribution in [2.24, 2.45) is 0 Å². The highest BCUT2D eigenvalue weighted by Crippen LogP contribution is 2.08. The van der Waals surface area contributed by atoms with Gasteiger partial charge >= 0.3 is 5.97 Å². The van der Waals surface area contributed by atoms with Gasteiger partial charge in [-0.15, -0.1) is 6.58 Å². The van der Waals surface area contributed by atoms with E-state index >= 15 is 0 Å². The fourth-order valence-electron chi connectivity index (χ4n) is 1.68. The molecule has 0 aliphatic heterocycles. The number of amides is 1. The lowest BCUT2D eigenvalue weighted by Gasteiger charge is -2.14. The summed E-state index contributed by atoms with van der Waals surface area (Å²) in [7, 11) is 0. The number of ether oxygens (including phenoxy) is 1. The lowest BCUT2D eigenvalue weighted by molar-refractivity contribution is -0.142. The van der Waals surface area contributed by atoms with E-state index in [9.17, 15) is 9.59 Å². The molecule has 0 aliphatic rings. The molecule has 5 nitrogen and oxygen atoms in total. The molecule has 0 heterocycles. The third-order valence-electron chi connectivity index (χ3n) is 2.72. The molecule has 0 radical (unpaired) electrons. The number of carbonyl (C=O) groups is 2. The summed E-state index contributed by atoms with van der Waals surface area (Å²) in [6, 6.07) is -0.813. The van der Waals surface area contributed by atoms with E-state index in [4.69, 9.17) is 9.84 Å². The fourth-order valence-corrected chi connectivity index (χ4v) is 1.68. The summed E-state index contributed by atoms with van der Waals surface area (Å²) in [5.41, 5.74) is 0. The first-order valence-corrected chi connectivity index (χ1v) is 6.82. The van der Waals surface area contributed by atoms with Gasteiger partial charge in [0, 0.05) is 6.61 Å². The number of hydrogen-bond donors (Lipinski definition) is 2. The molecule has 0 aromatic carbocycles. The van der Waals surface area contributed by atoms with Crippen LogP contribution in [0.15, 0.2) is 12.7 Å². The quantitative estimate of drug-likeness (QED) is 0.421. The van der Waals surface area contributed by atoms with Gasteiger partial charge in [0.1, 0.15) is 12.6 Å². The molecule has 1 atom stereocenters. The van der Waals surface area contributed by atoms with E-state index in [0.717, 1.165) is 32.1 Å². The summed E-state index contributed by atoms with van der Waals surface area (Å²) in [5, 5.41) is 11.5. The largest absolute Gasteiger partial charge is 0.480 e. The molecule has 0 unspecified atom stereocenters. The summed E-state index contributed by atoms with van der Waals surface area (Å²) in [6.45, 7) is 5.79. The molecule has 0 aliphatic carbocycles. The van der Waals surface area contributed by atoms with E-state index in [2.05, 4.69) is 11.9 Å². The number of allylic oxidation sites excluding steroid dienone is 1. The molecule has 0 aromatic heterocycles. The zero-order valence-electron chi connectivity index (χ0n) is 11.7. The zero-order valence-corrected chi connectivity index (χ0v) is 11.7. The van der Waals surface area contributed by atoms with Gasteiger partial charge in [-0.1, -0.05) is 25.3 Å². The Kier molecular flexibility index (Phi) is 10.9. The van der Waals surface area contributed by atoms with Crippen LogP contribution in [0.5, 0.6) is 0 Å². The van der Waals surface area contributed by atoms with Crippen LogP contribution in [0.1, 0.15) is 45.4 Å². The van der Waals surface area contributed by atoms with E-state index in [0.29, 0.717) is 13.0 Å². The number of carboxylic acids is 1. The molecule has 5 heteroatoms. The van der Waals surface area contributed by atoms with Crippen LogP contribution in [0.3, 0.4) is 0 Å². The molecule has 0 rings (SSSR count). The topological polar surface area (TPSA) is 75.6 Å². The molecule has 110 valence electrons. The molecule has 0 bridgehead atoms. The van der Waals surface area contributed by atoms with Gasteiger partial charge in [-0.3, -0.25) is 4.79 Å². The maximum atomic E-state index is 11.4. The van der Waals surface area contributed by atoms with Crippen molar-refractivity contribution in [3.63, 3.8) is 0 Å². The van der Waals surface area contributed by atoms with Crippen LogP contribution >= 0.6 is 0 Å². The van der Waals surface area contributed by atoms with Crippen molar-refractivity contribution in [3.8, 4) is 0 Å². The van der Waals surface area contributed by atoms with Crippen molar-refractivity contribution in [2.45, 2.75) is 51.5 Å². The Morgan fingerprint density at radius 3 is 2.58 bits per heavy atom.